The van der Waals surface area contributed by atoms with E-state index in [-0.39, 0.29) is 5.91 Å². The van der Waals surface area contributed by atoms with Gasteiger partial charge in [0.05, 0.1) is 41.0 Å². The molecule has 0 atom stereocenters. The monoisotopic (exact) mass is 467 g/mol. The van der Waals surface area contributed by atoms with Crippen LogP contribution in [0.15, 0.2) is 46.0 Å². The second kappa shape index (κ2) is 8.89. The van der Waals surface area contributed by atoms with Crippen LogP contribution in [0, 0.1) is 6.92 Å². The normalized spacial score (nSPS) is 14.1. The second-order valence-corrected chi connectivity index (χ2v) is 9.03. The number of benzene rings is 1. The second-order valence-electron chi connectivity index (χ2n) is 7.23. The van der Waals surface area contributed by atoms with Crippen molar-refractivity contribution in [1.82, 2.24) is 15.0 Å². The van der Waals surface area contributed by atoms with Crippen molar-refractivity contribution in [2.45, 2.75) is 11.9 Å². The molecule has 0 spiro atoms. The maximum absolute atomic E-state index is 13.1. The Morgan fingerprint density at radius 2 is 2.03 bits per heavy atom. The van der Waals surface area contributed by atoms with Crippen molar-refractivity contribution in [3.8, 4) is 11.6 Å². The number of anilines is 2. The van der Waals surface area contributed by atoms with Gasteiger partial charge in [0.2, 0.25) is 0 Å². The zero-order valence-electron chi connectivity index (χ0n) is 17.6. The van der Waals surface area contributed by atoms with E-state index in [1.165, 1.54) is 11.8 Å². The molecule has 0 bridgehead atoms. The number of carbonyl (C=O) groups excluding carboxylic acids is 1. The zero-order valence-corrected chi connectivity index (χ0v) is 19.3. The Balaban J connectivity index is 1.40. The molecule has 1 amide bonds. The zero-order chi connectivity index (χ0) is 22.1. The Hall–Kier alpha value is -2.95. The lowest BCUT2D eigenvalue weighted by atomic mass is 10.2. The minimum Gasteiger partial charge on any atom is -0.461 e. The van der Waals surface area contributed by atoms with Gasteiger partial charge in [-0.15, -0.1) is 11.8 Å². The Kier molecular flexibility index (Phi) is 5.81. The van der Waals surface area contributed by atoms with E-state index in [1.807, 2.05) is 31.4 Å². The van der Waals surface area contributed by atoms with Crippen LogP contribution in [0.3, 0.4) is 0 Å². The number of aryl methyl sites for hydroxylation is 1. The van der Waals surface area contributed by atoms with Crippen LogP contribution in [0.25, 0.3) is 21.8 Å². The maximum atomic E-state index is 13.1. The van der Waals surface area contributed by atoms with Crippen LogP contribution in [0.4, 0.5) is 10.8 Å². The lowest BCUT2D eigenvalue weighted by Crippen LogP contribution is -2.36. The van der Waals surface area contributed by atoms with Gasteiger partial charge in [0.1, 0.15) is 5.03 Å². The number of morpholine rings is 1. The van der Waals surface area contributed by atoms with E-state index in [1.54, 1.807) is 29.7 Å². The standard InChI is InChI=1S/C22H21N5O3S2/c1-13-18(21(31-2)26-19(23-13)16-4-3-9-30-16)20(28)24-14-5-6-15-17(12-14)32-22(25-15)27-7-10-29-11-8-27/h3-6,9,12H,7-8,10-11H2,1-2H3,(H,24,28). The van der Waals surface area contributed by atoms with Crippen molar-refractivity contribution >= 4 is 50.0 Å². The maximum Gasteiger partial charge on any atom is 0.260 e. The minimum absolute atomic E-state index is 0.241. The summed E-state index contributed by atoms with van der Waals surface area (Å²) >= 11 is 3.03. The molecule has 3 aromatic heterocycles. The van der Waals surface area contributed by atoms with Crippen molar-refractivity contribution in [3.63, 3.8) is 0 Å². The molecule has 4 heterocycles. The van der Waals surface area contributed by atoms with Crippen molar-refractivity contribution in [2.24, 2.45) is 0 Å². The number of hydrogen-bond acceptors (Lipinski definition) is 9. The van der Waals surface area contributed by atoms with Gasteiger partial charge in [-0.1, -0.05) is 11.3 Å². The van der Waals surface area contributed by atoms with Gasteiger partial charge >= 0.3 is 0 Å². The third-order valence-corrected chi connectivity index (χ3v) is 6.90. The smallest absolute Gasteiger partial charge is 0.260 e. The summed E-state index contributed by atoms with van der Waals surface area (Å²) in [5.41, 5.74) is 2.69. The predicted molar refractivity (Wildman–Crippen MR) is 127 cm³/mol. The number of carbonyl (C=O) groups is 1. The van der Waals surface area contributed by atoms with Gasteiger partial charge in [-0.25, -0.2) is 15.0 Å². The Morgan fingerprint density at radius 3 is 2.78 bits per heavy atom. The summed E-state index contributed by atoms with van der Waals surface area (Å²) in [5.74, 6) is 0.798. The van der Waals surface area contributed by atoms with E-state index in [2.05, 4.69) is 20.2 Å². The van der Waals surface area contributed by atoms with Crippen molar-refractivity contribution in [3.05, 3.63) is 47.9 Å². The first kappa shape index (κ1) is 20.9. The van der Waals surface area contributed by atoms with E-state index < -0.39 is 0 Å². The minimum atomic E-state index is -0.241. The highest BCUT2D eigenvalue weighted by molar-refractivity contribution is 7.98. The summed E-state index contributed by atoms with van der Waals surface area (Å²) in [7, 11) is 0. The topological polar surface area (TPSA) is 93.4 Å². The fourth-order valence-corrected chi connectivity index (χ4v) is 5.22. The van der Waals surface area contributed by atoms with Crippen molar-refractivity contribution in [2.75, 3.05) is 42.8 Å². The van der Waals surface area contributed by atoms with Gasteiger partial charge in [-0.2, -0.15) is 0 Å². The number of aromatic nitrogens is 3. The molecule has 1 saturated heterocycles. The molecule has 0 unspecified atom stereocenters. The number of amides is 1. The number of fused-ring (bicyclic) bond motifs is 1. The van der Waals surface area contributed by atoms with Gasteiger partial charge in [-0.05, 0) is 43.5 Å². The van der Waals surface area contributed by atoms with Crippen LogP contribution < -0.4 is 10.2 Å². The van der Waals surface area contributed by atoms with E-state index in [0.717, 1.165) is 41.7 Å². The van der Waals surface area contributed by atoms with E-state index in [0.29, 0.717) is 33.6 Å². The Bertz CT molecular complexity index is 1270. The molecule has 1 fully saturated rings. The highest BCUT2D eigenvalue weighted by Gasteiger charge is 2.21. The molecule has 1 N–H and O–H groups in total. The molecular weight excluding hydrogens is 446 g/mol. The highest BCUT2D eigenvalue weighted by Crippen LogP contribution is 2.32. The Labute approximate surface area is 193 Å². The molecule has 32 heavy (non-hydrogen) atoms. The molecule has 10 heteroatoms. The Morgan fingerprint density at radius 1 is 1.19 bits per heavy atom. The van der Waals surface area contributed by atoms with Crippen LogP contribution in [0.2, 0.25) is 0 Å². The molecule has 1 aliphatic rings. The third kappa shape index (κ3) is 4.08. The molecule has 0 saturated carbocycles. The summed E-state index contributed by atoms with van der Waals surface area (Å²) in [6, 6.07) is 9.35. The fraction of sp³-hybridized carbons (Fsp3) is 0.273. The highest BCUT2D eigenvalue weighted by atomic mass is 32.2. The molecule has 5 rings (SSSR count). The van der Waals surface area contributed by atoms with Crippen LogP contribution in [0.1, 0.15) is 16.1 Å². The first-order valence-corrected chi connectivity index (χ1v) is 12.2. The van der Waals surface area contributed by atoms with Gasteiger partial charge in [-0.3, -0.25) is 4.79 Å². The van der Waals surface area contributed by atoms with Gasteiger partial charge in [0.25, 0.3) is 5.91 Å². The number of nitrogens with one attached hydrogen (secondary N) is 1. The molecule has 164 valence electrons. The molecular formula is C22H21N5O3S2. The van der Waals surface area contributed by atoms with E-state index in [9.17, 15) is 4.79 Å². The third-order valence-electron chi connectivity index (χ3n) is 5.14. The van der Waals surface area contributed by atoms with Gasteiger partial charge in [0.15, 0.2) is 16.7 Å². The van der Waals surface area contributed by atoms with Crippen LogP contribution >= 0.6 is 23.1 Å². The summed E-state index contributed by atoms with van der Waals surface area (Å²) in [4.78, 5) is 29.1. The summed E-state index contributed by atoms with van der Waals surface area (Å²) in [6.07, 6.45) is 3.47. The molecule has 8 nitrogen and oxygen atoms in total. The molecule has 1 aromatic carbocycles. The van der Waals surface area contributed by atoms with Crippen molar-refractivity contribution < 1.29 is 13.9 Å². The molecule has 0 radical (unpaired) electrons. The summed E-state index contributed by atoms with van der Waals surface area (Å²) in [5, 5.41) is 4.59. The number of rotatable bonds is 5. The number of thiazole rings is 1. The number of furan rings is 1. The quantitative estimate of drug-likeness (QED) is 0.340. The first-order valence-electron chi connectivity index (χ1n) is 10.1. The molecule has 1 aliphatic heterocycles. The number of hydrogen-bond donors (Lipinski definition) is 1. The predicted octanol–water partition coefficient (Wildman–Crippen LogP) is 4.47. The summed E-state index contributed by atoms with van der Waals surface area (Å²) < 4.78 is 11.9. The SMILES string of the molecule is CSc1nc(-c2ccco2)nc(C)c1C(=O)Nc1ccc2nc(N3CCOCC3)sc2c1. The van der Waals surface area contributed by atoms with Crippen LogP contribution in [-0.2, 0) is 4.74 Å². The average Bonchev–Trinajstić information content (AvgIpc) is 3.49. The van der Waals surface area contributed by atoms with Crippen LogP contribution in [-0.4, -0.2) is 53.4 Å². The average molecular weight is 468 g/mol. The summed E-state index contributed by atoms with van der Waals surface area (Å²) in [6.45, 7) is 4.93. The number of nitrogens with zero attached hydrogens (tertiary/aromatic N) is 4. The number of thioether (sulfide) groups is 1. The molecule has 4 aromatic rings. The van der Waals surface area contributed by atoms with E-state index >= 15 is 0 Å². The first-order chi connectivity index (χ1) is 15.6. The largest absolute Gasteiger partial charge is 0.461 e. The number of ether oxygens (including phenoxy) is 1. The van der Waals surface area contributed by atoms with Gasteiger partial charge < -0.3 is 19.4 Å². The lowest BCUT2D eigenvalue weighted by Gasteiger charge is -2.25. The van der Waals surface area contributed by atoms with Crippen molar-refractivity contribution in [1.29, 1.82) is 0 Å². The molecule has 0 aliphatic carbocycles. The van der Waals surface area contributed by atoms with E-state index in [4.69, 9.17) is 14.1 Å². The van der Waals surface area contributed by atoms with Gasteiger partial charge in [0, 0.05) is 18.8 Å². The fourth-order valence-electron chi connectivity index (χ4n) is 3.55. The van der Waals surface area contributed by atoms with Crippen LogP contribution in [0.5, 0.6) is 0 Å². The lowest BCUT2D eigenvalue weighted by molar-refractivity contribution is 0.102.